The molecule has 0 amide bonds. The highest BCUT2D eigenvalue weighted by atomic mass is 16.6. The van der Waals surface area contributed by atoms with Gasteiger partial charge >= 0.3 is 0 Å². The second-order valence-electron chi connectivity index (χ2n) is 5.27. The van der Waals surface area contributed by atoms with Gasteiger partial charge in [0.25, 0.3) is 5.69 Å². The Hall–Kier alpha value is -1.62. The maximum atomic E-state index is 11.0. The Morgan fingerprint density at radius 2 is 2.32 bits per heavy atom. The normalized spacial score (nSPS) is 19.6. The fourth-order valence-corrected chi connectivity index (χ4v) is 2.60. The molecular formula is C14H21N3O2. The SMILES string of the molecule is CCNc1cc(CN2CCC(C)C2)ccc1[N+](=O)[O-]. The van der Waals surface area contributed by atoms with Crippen LogP contribution in [0.15, 0.2) is 18.2 Å². The molecule has 2 rings (SSSR count). The highest BCUT2D eigenvalue weighted by molar-refractivity contribution is 5.62. The highest BCUT2D eigenvalue weighted by Crippen LogP contribution is 2.27. The molecule has 0 aromatic heterocycles. The molecule has 5 nitrogen and oxygen atoms in total. The van der Waals surface area contributed by atoms with Crippen molar-refractivity contribution in [3.63, 3.8) is 0 Å². The van der Waals surface area contributed by atoms with E-state index in [2.05, 4.69) is 17.1 Å². The van der Waals surface area contributed by atoms with Gasteiger partial charge in [-0.2, -0.15) is 0 Å². The van der Waals surface area contributed by atoms with E-state index in [1.54, 1.807) is 6.07 Å². The van der Waals surface area contributed by atoms with Crippen LogP contribution in [0.5, 0.6) is 0 Å². The summed E-state index contributed by atoms with van der Waals surface area (Å²) in [7, 11) is 0. The molecule has 0 bridgehead atoms. The summed E-state index contributed by atoms with van der Waals surface area (Å²) in [5.41, 5.74) is 1.91. The fourth-order valence-electron chi connectivity index (χ4n) is 2.60. The van der Waals surface area contributed by atoms with Crippen molar-refractivity contribution in [2.24, 2.45) is 5.92 Å². The summed E-state index contributed by atoms with van der Waals surface area (Å²) in [5.74, 6) is 0.756. The zero-order valence-corrected chi connectivity index (χ0v) is 11.6. The van der Waals surface area contributed by atoms with Crippen molar-refractivity contribution in [2.45, 2.75) is 26.8 Å². The number of rotatable bonds is 5. The summed E-state index contributed by atoms with van der Waals surface area (Å²) in [4.78, 5) is 13.0. The maximum absolute atomic E-state index is 11.0. The van der Waals surface area contributed by atoms with E-state index in [9.17, 15) is 10.1 Å². The van der Waals surface area contributed by atoms with Crippen LogP contribution in [-0.2, 0) is 6.54 Å². The minimum atomic E-state index is -0.334. The van der Waals surface area contributed by atoms with Gasteiger partial charge in [-0.3, -0.25) is 15.0 Å². The summed E-state index contributed by atoms with van der Waals surface area (Å²) in [6.07, 6.45) is 1.24. The largest absolute Gasteiger partial charge is 0.380 e. The van der Waals surface area contributed by atoms with Gasteiger partial charge in [-0.25, -0.2) is 0 Å². The van der Waals surface area contributed by atoms with Crippen molar-refractivity contribution < 1.29 is 4.92 Å². The molecule has 0 radical (unpaired) electrons. The van der Waals surface area contributed by atoms with Gasteiger partial charge in [-0.1, -0.05) is 13.0 Å². The molecule has 19 heavy (non-hydrogen) atoms. The monoisotopic (exact) mass is 263 g/mol. The third-order valence-electron chi connectivity index (χ3n) is 3.54. The Bertz CT molecular complexity index is 462. The Labute approximate surface area is 113 Å². The van der Waals surface area contributed by atoms with Gasteiger partial charge in [0.15, 0.2) is 0 Å². The van der Waals surface area contributed by atoms with Crippen LogP contribution in [0.1, 0.15) is 25.8 Å². The summed E-state index contributed by atoms with van der Waals surface area (Å²) in [6, 6.07) is 5.37. The second kappa shape index (κ2) is 6.02. The quantitative estimate of drug-likeness (QED) is 0.655. The molecule has 1 heterocycles. The minimum absolute atomic E-state index is 0.153. The number of anilines is 1. The third kappa shape index (κ3) is 3.44. The first kappa shape index (κ1) is 13.8. The molecule has 1 unspecified atom stereocenters. The number of nitro benzene ring substituents is 1. The Morgan fingerprint density at radius 3 is 2.89 bits per heavy atom. The number of nitrogens with one attached hydrogen (secondary N) is 1. The van der Waals surface area contributed by atoms with Gasteiger partial charge < -0.3 is 5.32 Å². The molecule has 1 aliphatic rings. The minimum Gasteiger partial charge on any atom is -0.380 e. The number of nitrogens with zero attached hydrogens (tertiary/aromatic N) is 2. The Kier molecular flexibility index (Phi) is 4.37. The van der Waals surface area contributed by atoms with Crippen LogP contribution in [0.4, 0.5) is 11.4 Å². The summed E-state index contributed by atoms with van der Waals surface area (Å²) in [6.45, 7) is 8.01. The molecule has 0 saturated carbocycles. The number of benzene rings is 1. The van der Waals surface area contributed by atoms with Crippen molar-refractivity contribution in [1.82, 2.24) is 4.90 Å². The number of nitro groups is 1. The molecular weight excluding hydrogens is 242 g/mol. The van der Waals surface area contributed by atoms with Crippen LogP contribution in [0.3, 0.4) is 0 Å². The Balaban J connectivity index is 2.13. The molecule has 0 aliphatic carbocycles. The molecule has 1 saturated heterocycles. The van der Waals surface area contributed by atoms with E-state index >= 15 is 0 Å². The van der Waals surface area contributed by atoms with Crippen molar-refractivity contribution in [3.8, 4) is 0 Å². The maximum Gasteiger partial charge on any atom is 0.292 e. The molecule has 1 N–H and O–H groups in total. The van der Waals surface area contributed by atoms with Crippen LogP contribution in [0, 0.1) is 16.0 Å². The lowest BCUT2D eigenvalue weighted by atomic mass is 10.1. The third-order valence-corrected chi connectivity index (χ3v) is 3.54. The van der Waals surface area contributed by atoms with E-state index in [0.29, 0.717) is 12.2 Å². The number of hydrogen-bond donors (Lipinski definition) is 1. The summed E-state index contributed by atoms with van der Waals surface area (Å²) >= 11 is 0. The molecule has 0 spiro atoms. The van der Waals surface area contributed by atoms with Crippen molar-refractivity contribution in [1.29, 1.82) is 0 Å². The van der Waals surface area contributed by atoms with E-state index in [4.69, 9.17) is 0 Å². The molecule has 104 valence electrons. The van der Waals surface area contributed by atoms with Crippen LogP contribution in [0.2, 0.25) is 0 Å². The van der Waals surface area contributed by atoms with Crippen LogP contribution in [0.25, 0.3) is 0 Å². The van der Waals surface area contributed by atoms with Gasteiger partial charge in [-0.15, -0.1) is 0 Å². The topological polar surface area (TPSA) is 58.4 Å². The lowest BCUT2D eigenvalue weighted by molar-refractivity contribution is -0.384. The average Bonchev–Trinajstić information content (AvgIpc) is 2.75. The van der Waals surface area contributed by atoms with Gasteiger partial charge in [0.2, 0.25) is 0 Å². The van der Waals surface area contributed by atoms with Gasteiger partial charge in [0.05, 0.1) is 4.92 Å². The lowest BCUT2D eigenvalue weighted by Crippen LogP contribution is -2.19. The number of hydrogen-bond acceptors (Lipinski definition) is 4. The zero-order chi connectivity index (χ0) is 13.8. The first-order chi connectivity index (χ1) is 9.10. The van der Waals surface area contributed by atoms with Crippen molar-refractivity contribution >= 4 is 11.4 Å². The predicted molar refractivity (Wildman–Crippen MR) is 76.3 cm³/mol. The first-order valence-electron chi connectivity index (χ1n) is 6.83. The molecule has 1 aromatic carbocycles. The van der Waals surface area contributed by atoms with E-state index < -0.39 is 0 Å². The van der Waals surface area contributed by atoms with Crippen LogP contribution < -0.4 is 5.32 Å². The van der Waals surface area contributed by atoms with Gasteiger partial charge in [0, 0.05) is 25.7 Å². The molecule has 1 aromatic rings. The standard InChI is InChI=1S/C14H21N3O2/c1-3-15-13-8-12(4-5-14(13)17(18)19)10-16-7-6-11(2)9-16/h4-5,8,11,15H,3,6-7,9-10H2,1-2H3. The lowest BCUT2D eigenvalue weighted by Gasteiger charge is -2.16. The fraction of sp³-hybridized carbons (Fsp3) is 0.571. The molecule has 1 aliphatic heterocycles. The average molecular weight is 263 g/mol. The van der Waals surface area contributed by atoms with E-state index in [1.165, 1.54) is 6.42 Å². The van der Waals surface area contributed by atoms with Crippen molar-refractivity contribution in [3.05, 3.63) is 33.9 Å². The van der Waals surface area contributed by atoms with E-state index in [0.717, 1.165) is 31.1 Å². The smallest absolute Gasteiger partial charge is 0.292 e. The second-order valence-corrected chi connectivity index (χ2v) is 5.27. The molecule has 1 fully saturated rings. The zero-order valence-electron chi connectivity index (χ0n) is 11.6. The van der Waals surface area contributed by atoms with Gasteiger partial charge in [-0.05, 0) is 37.4 Å². The van der Waals surface area contributed by atoms with Gasteiger partial charge in [0.1, 0.15) is 5.69 Å². The summed E-state index contributed by atoms with van der Waals surface area (Å²) < 4.78 is 0. The summed E-state index contributed by atoms with van der Waals surface area (Å²) in [5, 5.41) is 14.0. The van der Waals surface area contributed by atoms with Crippen molar-refractivity contribution in [2.75, 3.05) is 25.0 Å². The predicted octanol–water partition coefficient (Wildman–Crippen LogP) is 2.87. The van der Waals surface area contributed by atoms with Crippen LogP contribution in [-0.4, -0.2) is 29.5 Å². The first-order valence-corrected chi connectivity index (χ1v) is 6.83. The van der Waals surface area contributed by atoms with Crippen LogP contribution >= 0.6 is 0 Å². The van der Waals surface area contributed by atoms with E-state index in [-0.39, 0.29) is 10.6 Å². The number of likely N-dealkylation sites (tertiary alicyclic amines) is 1. The molecule has 5 heteroatoms. The Morgan fingerprint density at radius 1 is 1.53 bits per heavy atom. The molecule has 1 atom stereocenters. The van der Waals surface area contributed by atoms with E-state index in [1.807, 2.05) is 19.1 Å². The highest BCUT2D eigenvalue weighted by Gasteiger charge is 2.20.